The van der Waals surface area contributed by atoms with Gasteiger partial charge in [-0.05, 0) is 57.1 Å². The Morgan fingerprint density at radius 1 is 1.21 bits per heavy atom. The number of methoxy groups -OCH3 is 1. The third kappa shape index (κ3) is 5.85. The van der Waals surface area contributed by atoms with Crippen molar-refractivity contribution >= 4 is 11.5 Å². The minimum absolute atomic E-state index is 0.0294. The molecular formula is C25H37N5O3. The van der Waals surface area contributed by atoms with Gasteiger partial charge in [0, 0.05) is 37.4 Å². The summed E-state index contributed by atoms with van der Waals surface area (Å²) in [5.74, 6) is 3.07. The fraction of sp³-hybridized carbons (Fsp3) is 0.640. The first-order chi connectivity index (χ1) is 15.9. The van der Waals surface area contributed by atoms with Crippen molar-refractivity contribution in [1.82, 2.24) is 20.1 Å². The Morgan fingerprint density at radius 2 is 2.00 bits per heavy atom. The summed E-state index contributed by atoms with van der Waals surface area (Å²) in [6.07, 6.45) is 6.00. The van der Waals surface area contributed by atoms with E-state index in [0.717, 1.165) is 56.1 Å². The van der Waals surface area contributed by atoms with Gasteiger partial charge in [-0.1, -0.05) is 13.8 Å². The van der Waals surface area contributed by atoms with Crippen LogP contribution in [0.5, 0.6) is 11.5 Å². The average molecular weight is 456 g/mol. The monoisotopic (exact) mass is 455 g/mol. The predicted octanol–water partition coefficient (Wildman–Crippen LogP) is 3.86. The quantitative estimate of drug-likeness (QED) is 0.575. The van der Waals surface area contributed by atoms with E-state index in [9.17, 15) is 4.79 Å². The lowest BCUT2D eigenvalue weighted by Gasteiger charge is -2.43. The molecule has 0 radical (unpaired) electrons. The van der Waals surface area contributed by atoms with Crippen LogP contribution in [0.4, 0.5) is 5.69 Å². The Morgan fingerprint density at radius 3 is 2.67 bits per heavy atom. The molecule has 0 unspecified atom stereocenters. The number of nitrogens with zero attached hydrogens (tertiary/aromatic N) is 4. The summed E-state index contributed by atoms with van der Waals surface area (Å²) >= 11 is 0. The Labute approximate surface area is 196 Å². The van der Waals surface area contributed by atoms with Crippen molar-refractivity contribution in [3.05, 3.63) is 29.8 Å². The van der Waals surface area contributed by atoms with E-state index in [4.69, 9.17) is 9.47 Å². The summed E-state index contributed by atoms with van der Waals surface area (Å²) < 4.78 is 11.9. The normalized spacial score (nSPS) is 19.9. The van der Waals surface area contributed by atoms with Crippen LogP contribution >= 0.6 is 0 Å². The Balaban J connectivity index is 1.47. The van der Waals surface area contributed by atoms with Gasteiger partial charge in [-0.15, -0.1) is 0 Å². The van der Waals surface area contributed by atoms with E-state index in [1.165, 1.54) is 12.8 Å². The summed E-state index contributed by atoms with van der Waals surface area (Å²) in [7, 11) is 1.70. The zero-order chi connectivity index (χ0) is 23.4. The van der Waals surface area contributed by atoms with E-state index < -0.39 is 0 Å². The van der Waals surface area contributed by atoms with Crippen molar-refractivity contribution in [3.8, 4) is 11.5 Å². The molecule has 1 N–H and O–H groups in total. The number of aryl methyl sites for hydroxylation is 1. The molecule has 2 heterocycles. The second-order valence-corrected chi connectivity index (χ2v) is 9.73. The van der Waals surface area contributed by atoms with Crippen molar-refractivity contribution < 1.29 is 14.3 Å². The van der Waals surface area contributed by atoms with Gasteiger partial charge in [0.2, 0.25) is 11.6 Å². The van der Waals surface area contributed by atoms with Gasteiger partial charge in [-0.2, -0.15) is 5.10 Å². The number of anilines is 1. The molecule has 0 spiro atoms. The Hall–Kier alpha value is -2.61. The van der Waals surface area contributed by atoms with E-state index in [2.05, 4.69) is 51.0 Å². The van der Waals surface area contributed by atoms with Gasteiger partial charge in [0.15, 0.2) is 11.5 Å². The third-order valence-electron chi connectivity index (χ3n) is 6.65. The minimum Gasteiger partial charge on any atom is -0.493 e. The van der Waals surface area contributed by atoms with E-state index in [-0.39, 0.29) is 23.8 Å². The van der Waals surface area contributed by atoms with Gasteiger partial charge in [-0.25, -0.2) is 4.98 Å². The van der Waals surface area contributed by atoms with Gasteiger partial charge in [0.05, 0.1) is 19.8 Å². The number of aromatic nitrogens is 3. The van der Waals surface area contributed by atoms with Crippen LogP contribution in [-0.4, -0.2) is 71.3 Å². The maximum absolute atomic E-state index is 12.8. The molecule has 8 heteroatoms. The Kier molecular flexibility index (Phi) is 7.53. The number of piperazine rings is 1. The molecule has 2 aliphatic rings. The summed E-state index contributed by atoms with van der Waals surface area (Å²) in [5, 5.41) is 6.82. The molecule has 0 amide bonds. The van der Waals surface area contributed by atoms with Gasteiger partial charge in [0.1, 0.15) is 5.82 Å². The molecule has 1 aromatic carbocycles. The van der Waals surface area contributed by atoms with Crippen LogP contribution in [0.1, 0.15) is 62.4 Å². The summed E-state index contributed by atoms with van der Waals surface area (Å²) in [6.45, 7) is 9.16. The molecule has 1 atom stereocenters. The van der Waals surface area contributed by atoms with Crippen molar-refractivity contribution in [2.24, 2.45) is 5.92 Å². The van der Waals surface area contributed by atoms with Gasteiger partial charge >= 0.3 is 0 Å². The first-order valence-corrected chi connectivity index (χ1v) is 12.2. The fourth-order valence-corrected chi connectivity index (χ4v) is 4.97. The molecule has 8 nitrogen and oxygen atoms in total. The van der Waals surface area contributed by atoms with Crippen LogP contribution in [-0.2, 0) is 0 Å². The molecule has 33 heavy (non-hydrogen) atoms. The lowest BCUT2D eigenvalue weighted by molar-refractivity contribution is 0.0847. The lowest BCUT2D eigenvalue weighted by atomic mass is 9.99. The number of ether oxygens (including phenoxy) is 2. The van der Waals surface area contributed by atoms with Crippen LogP contribution < -0.4 is 14.4 Å². The van der Waals surface area contributed by atoms with E-state index >= 15 is 0 Å². The zero-order valence-electron chi connectivity index (χ0n) is 20.3. The van der Waals surface area contributed by atoms with Gasteiger partial charge in [0.25, 0.3) is 0 Å². The number of rotatable bonds is 9. The number of H-pyrrole nitrogens is 1. The molecule has 1 saturated heterocycles. The predicted molar refractivity (Wildman–Crippen MR) is 128 cm³/mol. The summed E-state index contributed by atoms with van der Waals surface area (Å²) in [5.41, 5.74) is 1.15. The summed E-state index contributed by atoms with van der Waals surface area (Å²) in [6, 6.07) is 6.53. The summed E-state index contributed by atoms with van der Waals surface area (Å²) in [4.78, 5) is 21.7. The molecular weight excluding hydrogens is 418 g/mol. The number of hydrogen-bond donors (Lipinski definition) is 1. The highest BCUT2D eigenvalue weighted by Gasteiger charge is 2.30. The standard InChI is InChI=1S/C25H37N5O3/c1-17(2)13-20-15-29(11-12-30(20)16-22(31)25-26-18(3)27-28-25)19-9-10-23(32-4)24(14-19)33-21-7-5-6-8-21/h9-10,14,17,20-21H,5-8,11-13,15-16H2,1-4H3,(H,26,27,28)/t20-/m0/s1. The minimum atomic E-state index is -0.0294. The first-order valence-electron chi connectivity index (χ1n) is 12.2. The zero-order valence-corrected chi connectivity index (χ0v) is 20.3. The number of hydrogen-bond acceptors (Lipinski definition) is 7. The fourth-order valence-electron chi connectivity index (χ4n) is 4.97. The smallest absolute Gasteiger partial charge is 0.218 e. The van der Waals surface area contributed by atoms with Crippen molar-refractivity contribution in [1.29, 1.82) is 0 Å². The number of carbonyl (C=O) groups excluding carboxylic acids is 1. The molecule has 2 fully saturated rings. The highest BCUT2D eigenvalue weighted by atomic mass is 16.5. The lowest BCUT2D eigenvalue weighted by Crippen LogP contribution is -2.55. The maximum Gasteiger partial charge on any atom is 0.218 e. The van der Waals surface area contributed by atoms with Crippen LogP contribution in [0.15, 0.2) is 18.2 Å². The van der Waals surface area contributed by atoms with Crippen LogP contribution in [0, 0.1) is 12.8 Å². The van der Waals surface area contributed by atoms with E-state index in [1.807, 2.05) is 13.0 Å². The molecule has 1 aromatic heterocycles. The largest absolute Gasteiger partial charge is 0.493 e. The second kappa shape index (κ2) is 10.5. The average Bonchev–Trinajstić information content (AvgIpc) is 3.46. The maximum atomic E-state index is 12.8. The highest BCUT2D eigenvalue weighted by Crippen LogP contribution is 2.36. The van der Waals surface area contributed by atoms with Gasteiger partial charge < -0.3 is 14.4 Å². The second-order valence-electron chi connectivity index (χ2n) is 9.73. The third-order valence-corrected chi connectivity index (χ3v) is 6.65. The molecule has 4 rings (SSSR count). The number of benzene rings is 1. The van der Waals surface area contributed by atoms with Crippen LogP contribution in [0.25, 0.3) is 0 Å². The highest BCUT2D eigenvalue weighted by molar-refractivity contribution is 5.94. The number of carbonyl (C=O) groups is 1. The molecule has 2 aromatic rings. The van der Waals surface area contributed by atoms with Crippen LogP contribution in [0.2, 0.25) is 0 Å². The molecule has 1 aliphatic carbocycles. The van der Waals surface area contributed by atoms with Gasteiger partial charge in [-0.3, -0.25) is 14.8 Å². The van der Waals surface area contributed by atoms with Crippen LogP contribution in [0.3, 0.4) is 0 Å². The van der Waals surface area contributed by atoms with E-state index in [0.29, 0.717) is 18.3 Å². The van der Waals surface area contributed by atoms with E-state index in [1.54, 1.807) is 7.11 Å². The first kappa shape index (κ1) is 23.5. The number of aromatic amines is 1. The number of Topliss-reactive ketones (excluding diaryl/α,β-unsaturated/α-hetero) is 1. The van der Waals surface area contributed by atoms with Crippen molar-refractivity contribution in [2.75, 3.05) is 38.2 Å². The molecule has 180 valence electrons. The topological polar surface area (TPSA) is 83.6 Å². The number of ketones is 1. The SMILES string of the molecule is COc1ccc(N2CCN(CC(=O)c3n[nH]c(C)n3)[C@@H](CC(C)C)C2)cc1OC1CCCC1. The molecule has 0 bridgehead atoms. The Bertz CT molecular complexity index is 938. The number of nitrogens with one attached hydrogen (secondary N) is 1. The molecule has 1 saturated carbocycles. The van der Waals surface area contributed by atoms with Crippen molar-refractivity contribution in [3.63, 3.8) is 0 Å². The molecule has 1 aliphatic heterocycles. The van der Waals surface area contributed by atoms with Crippen molar-refractivity contribution in [2.45, 2.75) is 65.0 Å².